The summed E-state index contributed by atoms with van der Waals surface area (Å²) in [5.41, 5.74) is 18.1. The second kappa shape index (κ2) is 10.5. The van der Waals surface area contributed by atoms with Crippen molar-refractivity contribution in [1.29, 1.82) is 5.26 Å². The van der Waals surface area contributed by atoms with Crippen molar-refractivity contribution in [3.63, 3.8) is 0 Å². The number of benzene rings is 6. The normalized spacial score (nSPS) is 13.4. The van der Waals surface area contributed by atoms with E-state index in [1.54, 1.807) is 0 Å². The standard InChI is InChI=1S/C46H40BN3/c1-28-34(30-15-13-14-29(22-30)27-48)26-41-43-42(28)37-25-32(46(5,6)7)24-36-35-23-31(45(2,3)4)20-21-39(35)50(44(36)37)47(43)38-18-11-12-19-40(38)49(41)33-16-9-8-10-17-33/h8-26H,1-7H3. The molecule has 2 aliphatic rings. The number of anilines is 3. The highest BCUT2D eigenvalue weighted by atomic mass is 15.2. The van der Waals surface area contributed by atoms with Gasteiger partial charge in [0.25, 0.3) is 0 Å². The number of nitrogens with zero attached hydrogens (tertiary/aromatic N) is 3. The first-order valence-electron chi connectivity index (χ1n) is 17.7. The van der Waals surface area contributed by atoms with Crippen LogP contribution in [0, 0.1) is 18.3 Å². The first kappa shape index (κ1) is 30.5. The van der Waals surface area contributed by atoms with E-state index in [9.17, 15) is 5.26 Å². The molecule has 242 valence electrons. The Balaban J connectivity index is 1.51. The average molecular weight is 646 g/mol. The van der Waals surface area contributed by atoms with Gasteiger partial charge in [-0.2, -0.15) is 5.26 Å². The molecule has 0 fully saturated rings. The van der Waals surface area contributed by atoms with Crippen LogP contribution in [0.5, 0.6) is 0 Å². The van der Waals surface area contributed by atoms with Gasteiger partial charge in [0.1, 0.15) is 0 Å². The third-order valence-corrected chi connectivity index (χ3v) is 11.1. The molecule has 3 heterocycles. The minimum atomic E-state index is -0.0486. The highest BCUT2D eigenvalue weighted by molar-refractivity contribution is 6.90. The van der Waals surface area contributed by atoms with E-state index >= 15 is 0 Å². The lowest BCUT2D eigenvalue weighted by molar-refractivity contribution is 0.590. The van der Waals surface area contributed by atoms with Crippen LogP contribution >= 0.6 is 0 Å². The Morgan fingerprint density at radius 2 is 1.36 bits per heavy atom. The van der Waals surface area contributed by atoms with Gasteiger partial charge in [0.2, 0.25) is 0 Å². The van der Waals surface area contributed by atoms with Crippen LogP contribution in [0.1, 0.15) is 63.8 Å². The zero-order valence-corrected chi connectivity index (χ0v) is 29.9. The highest BCUT2D eigenvalue weighted by Crippen LogP contribution is 2.49. The summed E-state index contributed by atoms with van der Waals surface area (Å²) in [6.45, 7) is 16.2. The van der Waals surface area contributed by atoms with E-state index in [0.29, 0.717) is 5.56 Å². The number of hydrogen-bond acceptors (Lipinski definition) is 2. The fourth-order valence-corrected chi connectivity index (χ4v) is 8.52. The molecular weight excluding hydrogens is 605 g/mol. The Morgan fingerprint density at radius 1 is 0.640 bits per heavy atom. The topological polar surface area (TPSA) is 32.0 Å². The zero-order valence-electron chi connectivity index (χ0n) is 29.9. The molecule has 7 aromatic rings. The summed E-state index contributed by atoms with van der Waals surface area (Å²) in [5.74, 6) is 0. The van der Waals surface area contributed by atoms with Crippen LogP contribution in [0.15, 0.2) is 115 Å². The molecule has 0 radical (unpaired) electrons. The smallest absolute Gasteiger partial charge is 0.333 e. The average Bonchev–Trinajstić information content (AvgIpc) is 3.44. The first-order chi connectivity index (χ1) is 24.0. The van der Waals surface area contributed by atoms with Gasteiger partial charge >= 0.3 is 6.85 Å². The third kappa shape index (κ3) is 4.29. The quantitative estimate of drug-likeness (QED) is 0.175. The van der Waals surface area contributed by atoms with Crippen molar-refractivity contribution in [3.05, 3.63) is 138 Å². The number of rotatable bonds is 2. The number of aromatic nitrogens is 1. The lowest BCUT2D eigenvalue weighted by Crippen LogP contribution is -2.56. The summed E-state index contributed by atoms with van der Waals surface area (Å²) in [4.78, 5) is 2.46. The van der Waals surface area contributed by atoms with Crippen molar-refractivity contribution in [2.75, 3.05) is 4.90 Å². The lowest BCUT2D eigenvalue weighted by atomic mass is 9.44. The summed E-state index contributed by atoms with van der Waals surface area (Å²) in [7, 11) is 0. The highest BCUT2D eigenvalue weighted by Gasteiger charge is 2.44. The van der Waals surface area contributed by atoms with Crippen molar-refractivity contribution < 1.29 is 0 Å². The Kier molecular flexibility index (Phi) is 6.40. The summed E-state index contributed by atoms with van der Waals surface area (Å²) in [6.07, 6.45) is 0. The fraction of sp³-hybridized carbons (Fsp3) is 0.196. The fourth-order valence-electron chi connectivity index (χ4n) is 8.52. The summed E-state index contributed by atoms with van der Waals surface area (Å²) in [6, 6.07) is 44.7. The van der Waals surface area contributed by atoms with E-state index in [-0.39, 0.29) is 17.7 Å². The Hall–Kier alpha value is -5.53. The van der Waals surface area contributed by atoms with E-state index in [1.165, 1.54) is 71.9 Å². The van der Waals surface area contributed by atoms with Gasteiger partial charge < -0.3 is 9.38 Å². The molecule has 50 heavy (non-hydrogen) atoms. The zero-order chi connectivity index (χ0) is 34.7. The molecule has 0 saturated heterocycles. The number of para-hydroxylation sites is 2. The van der Waals surface area contributed by atoms with Crippen LogP contribution in [0.3, 0.4) is 0 Å². The van der Waals surface area contributed by atoms with Crippen LogP contribution in [0.2, 0.25) is 0 Å². The maximum atomic E-state index is 9.91. The van der Waals surface area contributed by atoms with E-state index in [0.717, 1.165) is 16.8 Å². The first-order valence-corrected chi connectivity index (χ1v) is 17.7. The molecule has 0 N–H and O–H groups in total. The molecule has 2 aliphatic heterocycles. The predicted octanol–water partition coefficient (Wildman–Crippen LogP) is 10.7. The number of hydrogen-bond donors (Lipinski definition) is 0. The van der Waals surface area contributed by atoms with Crippen molar-refractivity contribution in [3.8, 4) is 28.3 Å². The molecule has 0 bridgehead atoms. The summed E-state index contributed by atoms with van der Waals surface area (Å²) >= 11 is 0. The molecular formula is C46H40BN3. The van der Waals surface area contributed by atoms with Gasteiger partial charge in [0.05, 0.1) is 11.6 Å². The van der Waals surface area contributed by atoms with Crippen LogP contribution < -0.4 is 15.8 Å². The molecule has 9 rings (SSSR count). The number of fused-ring (bicyclic) bond motifs is 7. The van der Waals surface area contributed by atoms with Crippen molar-refractivity contribution in [1.82, 2.24) is 4.48 Å². The third-order valence-electron chi connectivity index (χ3n) is 11.1. The van der Waals surface area contributed by atoms with Crippen LogP contribution in [0.25, 0.3) is 44.1 Å². The van der Waals surface area contributed by atoms with Crippen molar-refractivity contribution in [2.24, 2.45) is 0 Å². The summed E-state index contributed by atoms with van der Waals surface area (Å²) < 4.78 is 2.65. The molecule has 1 aromatic heterocycles. The van der Waals surface area contributed by atoms with Gasteiger partial charge in [-0.3, -0.25) is 0 Å². The maximum absolute atomic E-state index is 9.91. The predicted molar refractivity (Wildman–Crippen MR) is 212 cm³/mol. The Morgan fingerprint density at radius 3 is 2.10 bits per heavy atom. The van der Waals surface area contributed by atoms with Gasteiger partial charge in [-0.05, 0) is 123 Å². The molecule has 6 aromatic carbocycles. The monoisotopic (exact) mass is 645 g/mol. The summed E-state index contributed by atoms with van der Waals surface area (Å²) in [5, 5.41) is 12.5. The largest absolute Gasteiger partial charge is 0.375 e. The minimum Gasteiger partial charge on any atom is -0.375 e. The second-order valence-electron chi connectivity index (χ2n) is 16.2. The Labute approximate surface area is 295 Å². The van der Waals surface area contributed by atoms with Gasteiger partial charge in [-0.25, -0.2) is 0 Å². The molecule has 3 nitrogen and oxygen atoms in total. The van der Waals surface area contributed by atoms with E-state index in [4.69, 9.17) is 0 Å². The molecule has 0 spiro atoms. The molecule has 0 amide bonds. The second-order valence-corrected chi connectivity index (χ2v) is 16.2. The molecule has 0 unspecified atom stereocenters. The van der Waals surface area contributed by atoms with E-state index in [1.807, 2.05) is 18.2 Å². The van der Waals surface area contributed by atoms with Crippen LogP contribution in [0.4, 0.5) is 17.1 Å². The SMILES string of the molecule is Cc1c(-c2cccc(C#N)c2)cc2c3c1-c1cc(C(C)(C)C)cc4c5cc(C(C)(C)C)ccc5n(c14)B3c1ccccc1N2c1ccccc1. The molecule has 4 heteroatoms. The molecule has 0 aliphatic carbocycles. The van der Waals surface area contributed by atoms with Gasteiger partial charge in [0, 0.05) is 44.4 Å². The lowest BCUT2D eigenvalue weighted by Gasteiger charge is -2.41. The Bertz CT molecular complexity index is 2590. The molecule has 0 saturated carbocycles. The minimum absolute atomic E-state index is 0.0113. The number of nitriles is 1. The maximum Gasteiger partial charge on any atom is 0.333 e. The van der Waals surface area contributed by atoms with E-state index in [2.05, 4.69) is 161 Å². The van der Waals surface area contributed by atoms with Crippen molar-refractivity contribution >= 4 is 56.6 Å². The van der Waals surface area contributed by atoms with Crippen molar-refractivity contribution in [2.45, 2.75) is 59.3 Å². The van der Waals surface area contributed by atoms with Crippen LogP contribution in [-0.2, 0) is 10.8 Å². The van der Waals surface area contributed by atoms with Gasteiger partial charge in [-0.1, -0.05) is 96.1 Å². The van der Waals surface area contributed by atoms with E-state index < -0.39 is 0 Å². The van der Waals surface area contributed by atoms with Gasteiger partial charge in [0.15, 0.2) is 0 Å². The van der Waals surface area contributed by atoms with Gasteiger partial charge in [-0.15, -0.1) is 0 Å². The van der Waals surface area contributed by atoms with Crippen LogP contribution in [-0.4, -0.2) is 11.3 Å². The molecule has 0 atom stereocenters.